The van der Waals surface area contributed by atoms with Crippen molar-refractivity contribution >= 4 is 35.3 Å². The van der Waals surface area contributed by atoms with E-state index in [0.29, 0.717) is 34.1 Å². The van der Waals surface area contributed by atoms with Crippen molar-refractivity contribution in [3.05, 3.63) is 58.9 Å². The summed E-state index contributed by atoms with van der Waals surface area (Å²) in [7, 11) is 0. The highest BCUT2D eigenvalue weighted by atomic mass is 35.5. The molecule has 11 heteroatoms. The Labute approximate surface area is 200 Å². The fourth-order valence-electron chi connectivity index (χ4n) is 2.85. The lowest BCUT2D eigenvalue weighted by molar-refractivity contribution is -0.119. The number of ether oxygens (including phenoxy) is 2. The van der Waals surface area contributed by atoms with Crippen molar-refractivity contribution in [3.63, 3.8) is 0 Å². The molecule has 0 aliphatic heterocycles. The van der Waals surface area contributed by atoms with Crippen molar-refractivity contribution in [3.8, 4) is 17.2 Å². The Kier molecular flexibility index (Phi) is 8.56. The number of aromatic nitrogens is 3. The zero-order chi connectivity index (χ0) is 23.8. The number of amides is 3. The molecule has 3 amide bonds. The summed E-state index contributed by atoms with van der Waals surface area (Å²) in [6.45, 7) is 4.60. The summed E-state index contributed by atoms with van der Waals surface area (Å²) in [5, 5.41) is 11.8. The number of nitrogens with one attached hydrogen (secondary N) is 1. The van der Waals surface area contributed by atoms with Gasteiger partial charge in [-0.05, 0) is 55.8 Å². The molecule has 0 unspecified atom stereocenters. The third-order valence-electron chi connectivity index (χ3n) is 4.44. The van der Waals surface area contributed by atoms with Gasteiger partial charge in [-0.3, -0.25) is 14.7 Å². The second kappa shape index (κ2) is 11.6. The summed E-state index contributed by atoms with van der Waals surface area (Å²) in [6, 6.07) is 12.1. The third kappa shape index (κ3) is 6.87. The molecule has 0 aliphatic carbocycles. The molecular formula is C22H24ClN5O4S. The topological polar surface area (TPSA) is 121 Å². The number of thioether (sulfide) groups is 1. The van der Waals surface area contributed by atoms with Crippen LogP contribution in [0.4, 0.5) is 4.79 Å². The van der Waals surface area contributed by atoms with Crippen molar-refractivity contribution in [2.24, 2.45) is 5.73 Å². The highest BCUT2D eigenvalue weighted by Crippen LogP contribution is 2.27. The molecule has 1 aromatic heterocycles. The van der Waals surface area contributed by atoms with Gasteiger partial charge in [0, 0.05) is 17.2 Å². The summed E-state index contributed by atoms with van der Waals surface area (Å²) in [4.78, 5) is 22.5. The maximum atomic E-state index is 11.7. The van der Waals surface area contributed by atoms with Gasteiger partial charge in [0.05, 0.1) is 12.3 Å². The molecule has 2 aromatic carbocycles. The van der Waals surface area contributed by atoms with Crippen LogP contribution in [0.25, 0.3) is 5.69 Å². The standard InChI is InChI=1S/C22H24ClN5O4S/c1-3-31-16-6-8-17(9-7-16)32-13-19-26-27-22(33-11-10-20(29)25-21(24)30)28(19)15-5-4-14(2)18(23)12-15/h4-9,12H,3,10-11,13H2,1-2H3,(H3,24,25,29,30). The van der Waals surface area contributed by atoms with Gasteiger partial charge in [0.25, 0.3) is 0 Å². The van der Waals surface area contributed by atoms with Gasteiger partial charge in [-0.25, -0.2) is 4.79 Å². The van der Waals surface area contributed by atoms with E-state index in [-0.39, 0.29) is 13.0 Å². The first-order valence-electron chi connectivity index (χ1n) is 10.2. The van der Waals surface area contributed by atoms with Crippen molar-refractivity contribution < 1.29 is 19.1 Å². The number of carbonyl (C=O) groups excluding carboxylic acids is 2. The van der Waals surface area contributed by atoms with Gasteiger partial charge >= 0.3 is 6.03 Å². The van der Waals surface area contributed by atoms with Crippen molar-refractivity contribution in [2.75, 3.05) is 12.4 Å². The lowest BCUT2D eigenvalue weighted by Crippen LogP contribution is -2.35. The second-order valence-corrected chi connectivity index (χ2v) is 8.34. The Morgan fingerprint density at radius 1 is 1.12 bits per heavy atom. The Hall–Kier alpha value is -3.24. The van der Waals surface area contributed by atoms with Crippen molar-refractivity contribution in [1.82, 2.24) is 20.1 Å². The highest BCUT2D eigenvalue weighted by molar-refractivity contribution is 7.99. The van der Waals surface area contributed by atoms with Crippen LogP contribution in [0.15, 0.2) is 47.6 Å². The number of primary amides is 1. The minimum Gasteiger partial charge on any atom is -0.494 e. The Bertz CT molecular complexity index is 1120. The summed E-state index contributed by atoms with van der Waals surface area (Å²) in [5.74, 6) is 1.90. The summed E-state index contributed by atoms with van der Waals surface area (Å²) < 4.78 is 13.2. The van der Waals surface area contributed by atoms with Gasteiger partial charge in [-0.15, -0.1) is 10.2 Å². The number of urea groups is 1. The highest BCUT2D eigenvalue weighted by Gasteiger charge is 2.17. The van der Waals surface area contributed by atoms with E-state index in [2.05, 4.69) is 10.2 Å². The van der Waals surface area contributed by atoms with Crippen LogP contribution >= 0.6 is 23.4 Å². The number of aryl methyl sites for hydroxylation is 1. The quantitative estimate of drug-likeness (QED) is 0.414. The molecule has 33 heavy (non-hydrogen) atoms. The van der Waals surface area contributed by atoms with E-state index >= 15 is 0 Å². The SMILES string of the molecule is CCOc1ccc(OCc2nnc(SCCC(=O)NC(N)=O)n2-c2ccc(C)c(Cl)c2)cc1. The first-order valence-corrected chi connectivity index (χ1v) is 11.5. The van der Waals surface area contributed by atoms with Gasteiger partial charge in [-0.2, -0.15) is 0 Å². The Morgan fingerprint density at radius 3 is 2.45 bits per heavy atom. The Morgan fingerprint density at radius 2 is 1.82 bits per heavy atom. The normalized spacial score (nSPS) is 10.6. The summed E-state index contributed by atoms with van der Waals surface area (Å²) in [6.07, 6.45) is 0.0904. The minimum absolute atomic E-state index is 0.0904. The Balaban J connectivity index is 1.78. The molecule has 3 N–H and O–H groups in total. The van der Waals surface area contributed by atoms with E-state index in [1.54, 1.807) is 0 Å². The lowest BCUT2D eigenvalue weighted by atomic mass is 10.2. The van der Waals surface area contributed by atoms with E-state index in [9.17, 15) is 9.59 Å². The van der Waals surface area contributed by atoms with Crippen molar-refractivity contribution in [2.45, 2.75) is 32.0 Å². The zero-order valence-electron chi connectivity index (χ0n) is 18.2. The number of imide groups is 1. The van der Waals surface area contributed by atoms with Gasteiger partial charge < -0.3 is 15.2 Å². The molecule has 0 spiro atoms. The smallest absolute Gasteiger partial charge is 0.318 e. The van der Waals surface area contributed by atoms with E-state index in [4.69, 9.17) is 26.8 Å². The van der Waals surface area contributed by atoms with Crippen LogP contribution in [0.3, 0.4) is 0 Å². The number of hydrogen-bond acceptors (Lipinski definition) is 7. The molecule has 3 rings (SSSR count). The molecule has 0 aliphatic rings. The molecule has 0 bridgehead atoms. The average Bonchev–Trinajstić information content (AvgIpc) is 3.17. The molecule has 0 saturated carbocycles. The number of rotatable bonds is 10. The fraction of sp³-hybridized carbons (Fsp3) is 0.273. The van der Waals surface area contributed by atoms with E-state index < -0.39 is 11.9 Å². The molecule has 174 valence electrons. The maximum absolute atomic E-state index is 11.7. The van der Waals surface area contributed by atoms with Gasteiger partial charge in [0.1, 0.15) is 18.1 Å². The zero-order valence-corrected chi connectivity index (χ0v) is 19.8. The van der Waals surface area contributed by atoms with Crippen LogP contribution in [0.2, 0.25) is 5.02 Å². The van der Waals surface area contributed by atoms with Crippen LogP contribution in [-0.4, -0.2) is 39.1 Å². The largest absolute Gasteiger partial charge is 0.494 e. The predicted octanol–water partition coefficient (Wildman–Crippen LogP) is 3.88. The molecule has 0 fully saturated rings. The minimum atomic E-state index is -0.879. The second-order valence-electron chi connectivity index (χ2n) is 6.87. The number of nitrogens with two attached hydrogens (primary N) is 1. The summed E-state index contributed by atoms with van der Waals surface area (Å²) in [5.41, 5.74) is 6.68. The monoisotopic (exact) mass is 489 g/mol. The number of nitrogens with zero attached hydrogens (tertiary/aromatic N) is 3. The maximum Gasteiger partial charge on any atom is 0.318 e. The number of carbonyl (C=O) groups is 2. The van der Waals surface area contributed by atoms with Crippen LogP contribution in [-0.2, 0) is 11.4 Å². The van der Waals surface area contributed by atoms with Crippen LogP contribution in [0.1, 0.15) is 24.7 Å². The van der Waals surface area contributed by atoms with Crippen molar-refractivity contribution in [1.29, 1.82) is 0 Å². The third-order valence-corrected chi connectivity index (χ3v) is 5.78. The molecule has 0 radical (unpaired) electrons. The molecular weight excluding hydrogens is 466 g/mol. The average molecular weight is 490 g/mol. The van der Waals surface area contributed by atoms with Gasteiger partial charge in [0.2, 0.25) is 5.91 Å². The van der Waals surface area contributed by atoms with Gasteiger partial charge in [-0.1, -0.05) is 29.4 Å². The van der Waals surface area contributed by atoms with E-state index in [1.165, 1.54) is 11.8 Å². The van der Waals surface area contributed by atoms with Gasteiger partial charge in [0.15, 0.2) is 11.0 Å². The molecule has 1 heterocycles. The van der Waals surface area contributed by atoms with Crippen LogP contribution in [0.5, 0.6) is 11.5 Å². The van der Waals surface area contributed by atoms with E-state index in [1.807, 2.05) is 66.2 Å². The molecule has 0 atom stereocenters. The number of halogens is 1. The number of benzene rings is 2. The first-order chi connectivity index (χ1) is 15.9. The predicted molar refractivity (Wildman–Crippen MR) is 126 cm³/mol. The molecule has 9 nitrogen and oxygen atoms in total. The van der Waals surface area contributed by atoms with E-state index in [0.717, 1.165) is 17.0 Å². The van der Waals surface area contributed by atoms with Crippen LogP contribution < -0.4 is 20.5 Å². The number of hydrogen-bond donors (Lipinski definition) is 2. The molecule has 3 aromatic rings. The van der Waals surface area contributed by atoms with Crippen LogP contribution in [0, 0.1) is 6.92 Å². The fourth-order valence-corrected chi connectivity index (χ4v) is 3.93. The lowest BCUT2D eigenvalue weighted by Gasteiger charge is -2.12. The molecule has 0 saturated heterocycles. The summed E-state index contributed by atoms with van der Waals surface area (Å²) >= 11 is 7.66. The first kappa shape index (κ1) is 24.4.